The number of hydrogen-bond acceptors (Lipinski definition) is 6. The average molecular weight is 323 g/mol. The van der Waals surface area contributed by atoms with Crippen molar-refractivity contribution in [2.45, 2.75) is 18.9 Å². The van der Waals surface area contributed by atoms with Gasteiger partial charge in [0.05, 0.1) is 12.9 Å². The fourth-order valence-electron chi connectivity index (χ4n) is 2.33. The van der Waals surface area contributed by atoms with Gasteiger partial charge in [0, 0.05) is 11.7 Å². The third-order valence-electron chi connectivity index (χ3n) is 3.67. The number of anilines is 3. The molecule has 0 bridgehead atoms. The summed E-state index contributed by atoms with van der Waals surface area (Å²) < 4.78 is 0. The Labute approximate surface area is 138 Å². The van der Waals surface area contributed by atoms with Crippen molar-refractivity contribution in [1.82, 2.24) is 25.3 Å². The molecular weight excluding hydrogens is 306 g/mol. The third kappa shape index (κ3) is 3.27. The van der Waals surface area contributed by atoms with Gasteiger partial charge in [-0.05, 0) is 25.0 Å². The molecule has 3 aromatic rings. The van der Waals surface area contributed by atoms with Gasteiger partial charge >= 0.3 is 0 Å². The zero-order valence-electron chi connectivity index (χ0n) is 12.9. The maximum absolute atomic E-state index is 11.8. The van der Waals surface area contributed by atoms with Gasteiger partial charge in [0.15, 0.2) is 11.5 Å². The fourth-order valence-corrected chi connectivity index (χ4v) is 2.33. The molecule has 1 saturated carbocycles. The summed E-state index contributed by atoms with van der Waals surface area (Å²) in [6.07, 6.45) is 3.69. The van der Waals surface area contributed by atoms with Crippen LogP contribution in [0, 0.1) is 0 Å². The predicted octanol–water partition coefficient (Wildman–Crippen LogP) is 1.79. The van der Waals surface area contributed by atoms with Gasteiger partial charge in [-0.15, -0.1) is 0 Å². The number of rotatable bonds is 6. The number of H-pyrrole nitrogens is 1. The largest absolute Gasteiger partial charge is 0.352 e. The molecule has 8 nitrogen and oxygen atoms in total. The van der Waals surface area contributed by atoms with E-state index in [1.807, 2.05) is 30.3 Å². The van der Waals surface area contributed by atoms with E-state index in [0.29, 0.717) is 29.0 Å². The first-order valence-electron chi connectivity index (χ1n) is 7.84. The first-order chi connectivity index (χ1) is 11.8. The molecule has 4 N–H and O–H groups in total. The van der Waals surface area contributed by atoms with Crippen molar-refractivity contribution in [2.75, 3.05) is 17.2 Å². The highest BCUT2D eigenvalue weighted by molar-refractivity contribution is 5.86. The Bertz CT molecular complexity index is 857. The van der Waals surface area contributed by atoms with Gasteiger partial charge in [-0.3, -0.25) is 4.79 Å². The maximum Gasteiger partial charge on any atom is 0.239 e. The number of benzene rings is 1. The predicted molar refractivity (Wildman–Crippen MR) is 91.1 cm³/mol. The lowest BCUT2D eigenvalue weighted by atomic mass is 10.3. The van der Waals surface area contributed by atoms with Crippen molar-refractivity contribution in [2.24, 2.45) is 0 Å². The zero-order chi connectivity index (χ0) is 16.4. The molecule has 0 radical (unpaired) electrons. The van der Waals surface area contributed by atoms with Crippen LogP contribution in [0.2, 0.25) is 0 Å². The molecule has 0 saturated heterocycles. The van der Waals surface area contributed by atoms with Crippen molar-refractivity contribution in [3.8, 4) is 0 Å². The maximum atomic E-state index is 11.8. The molecule has 0 atom stereocenters. The number of aromatic amines is 1. The standard InChI is InChI=1S/C16H17N7O/c24-12(20-11-6-7-11)8-17-16-22-14-13(18-9-19-14)15(23-16)21-10-4-2-1-3-5-10/h1-5,9,11H,6-8H2,(H,20,24)(H3,17,18,19,21,22,23). The lowest BCUT2D eigenvalue weighted by Crippen LogP contribution is -2.31. The summed E-state index contributed by atoms with van der Waals surface area (Å²) in [5.74, 6) is 0.911. The normalized spacial score (nSPS) is 13.7. The van der Waals surface area contributed by atoms with E-state index in [2.05, 4.69) is 35.9 Å². The molecule has 0 aliphatic heterocycles. The van der Waals surface area contributed by atoms with Crippen LogP contribution in [0.4, 0.5) is 17.5 Å². The van der Waals surface area contributed by atoms with E-state index in [0.717, 1.165) is 18.5 Å². The van der Waals surface area contributed by atoms with Crippen LogP contribution in [0.25, 0.3) is 11.2 Å². The summed E-state index contributed by atoms with van der Waals surface area (Å²) in [5, 5.41) is 9.11. The number of hydrogen-bond donors (Lipinski definition) is 4. The summed E-state index contributed by atoms with van der Waals surface area (Å²) in [4.78, 5) is 27.8. The number of para-hydroxylation sites is 1. The number of carbonyl (C=O) groups is 1. The van der Waals surface area contributed by atoms with Crippen molar-refractivity contribution < 1.29 is 4.79 Å². The Hall–Kier alpha value is -3.16. The molecule has 1 aliphatic rings. The average Bonchev–Trinajstić information content (AvgIpc) is 3.27. The van der Waals surface area contributed by atoms with Crippen molar-refractivity contribution in [1.29, 1.82) is 0 Å². The molecule has 2 heterocycles. The second kappa shape index (κ2) is 6.15. The Kier molecular flexibility index (Phi) is 3.70. The SMILES string of the molecule is O=C(CNc1nc(Nc2ccccc2)c2[nH]cnc2n1)NC1CC1. The molecule has 4 rings (SSSR count). The van der Waals surface area contributed by atoms with Crippen LogP contribution in [-0.4, -0.2) is 38.4 Å². The molecule has 2 aromatic heterocycles. The summed E-state index contributed by atoms with van der Waals surface area (Å²) in [7, 11) is 0. The lowest BCUT2D eigenvalue weighted by molar-refractivity contribution is -0.119. The number of nitrogens with zero attached hydrogens (tertiary/aromatic N) is 3. The van der Waals surface area contributed by atoms with Gasteiger partial charge < -0.3 is 20.9 Å². The van der Waals surface area contributed by atoms with Gasteiger partial charge in [-0.25, -0.2) is 4.98 Å². The summed E-state index contributed by atoms with van der Waals surface area (Å²) in [6.45, 7) is 0.136. The van der Waals surface area contributed by atoms with Gasteiger partial charge in [-0.1, -0.05) is 18.2 Å². The Morgan fingerprint density at radius 3 is 2.83 bits per heavy atom. The smallest absolute Gasteiger partial charge is 0.239 e. The first kappa shape index (κ1) is 14.4. The minimum absolute atomic E-state index is 0.0548. The van der Waals surface area contributed by atoms with E-state index in [-0.39, 0.29) is 12.5 Å². The van der Waals surface area contributed by atoms with Crippen molar-refractivity contribution in [3.63, 3.8) is 0 Å². The van der Waals surface area contributed by atoms with E-state index in [1.165, 1.54) is 0 Å². The van der Waals surface area contributed by atoms with Crippen LogP contribution in [0.1, 0.15) is 12.8 Å². The first-order valence-corrected chi connectivity index (χ1v) is 7.84. The van der Waals surface area contributed by atoms with E-state index in [9.17, 15) is 4.79 Å². The Morgan fingerprint density at radius 2 is 2.04 bits per heavy atom. The third-order valence-corrected chi connectivity index (χ3v) is 3.67. The topological polar surface area (TPSA) is 108 Å². The number of amides is 1. The summed E-state index contributed by atoms with van der Waals surface area (Å²) in [6, 6.07) is 10.1. The number of fused-ring (bicyclic) bond motifs is 1. The van der Waals surface area contributed by atoms with Crippen molar-refractivity contribution in [3.05, 3.63) is 36.7 Å². The van der Waals surface area contributed by atoms with Crippen LogP contribution in [0.15, 0.2) is 36.7 Å². The van der Waals surface area contributed by atoms with E-state index >= 15 is 0 Å². The van der Waals surface area contributed by atoms with Crippen LogP contribution in [0.3, 0.4) is 0 Å². The number of nitrogens with one attached hydrogen (secondary N) is 4. The van der Waals surface area contributed by atoms with Gasteiger partial charge in [0.1, 0.15) is 5.52 Å². The minimum atomic E-state index is -0.0548. The van der Waals surface area contributed by atoms with Crippen molar-refractivity contribution >= 4 is 34.5 Å². The molecule has 1 amide bonds. The van der Waals surface area contributed by atoms with E-state index in [4.69, 9.17) is 0 Å². The number of aromatic nitrogens is 4. The number of carbonyl (C=O) groups excluding carboxylic acids is 1. The zero-order valence-corrected chi connectivity index (χ0v) is 12.9. The van der Waals surface area contributed by atoms with Crippen LogP contribution >= 0.6 is 0 Å². The molecule has 1 aliphatic carbocycles. The monoisotopic (exact) mass is 323 g/mol. The fraction of sp³-hybridized carbons (Fsp3) is 0.250. The summed E-state index contributed by atoms with van der Waals surface area (Å²) >= 11 is 0. The van der Waals surface area contributed by atoms with Crippen LogP contribution in [-0.2, 0) is 4.79 Å². The molecule has 8 heteroatoms. The van der Waals surface area contributed by atoms with Gasteiger partial charge in [0.2, 0.25) is 11.9 Å². The summed E-state index contributed by atoms with van der Waals surface area (Å²) in [5.41, 5.74) is 2.16. The highest BCUT2D eigenvalue weighted by atomic mass is 16.2. The molecule has 24 heavy (non-hydrogen) atoms. The second-order valence-electron chi connectivity index (χ2n) is 5.68. The van der Waals surface area contributed by atoms with Crippen LogP contribution < -0.4 is 16.0 Å². The molecule has 122 valence electrons. The highest BCUT2D eigenvalue weighted by Gasteiger charge is 2.23. The second-order valence-corrected chi connectivity index (χ2v) is 5.68. The molecule has 1 fully saturated rings. The molecular formula is C16H17N7O. The van der Waals surface area contributed by atoms with Gasteiger partial charge in [0.25, 0.3) is 0 Å². The Balaban J connectivity index is 1.54. The van der Waals surface area contributed by atoms with E-state index in [1.54, 1.807) is 6.33 Å². The highest BCUT2D eigenvalue weighted by Crippen LogP contribution is 2.22. The Morgan fingerprint density at radius 1 is 1.21 bits per heavy atom. The van der Waals surface area contributed by atoms with E-state index < -0.39 is 0 Å². The van der Waals surface area contributed by atoms with Gasteiger partial charge in [-0.2, -0.15) is 9.97 Å². The molecule has 0 spiro atoms. The number of imidazole rings is 1. The quantitative estimate of drug-likeness (QED) is 0.551. The minimum Gasteiger partial charge on any atom is -0.352 e. The lowest BCUT2D eigenvalue weighted by Gasteiger charge is -2.09. The van der Waals surface area contributed by atoms with Crippen LogP contribution in [0.5, 0.6) is 0 Å². The molecule has 1 aromatic carbocycles. The molecule has 0 unspecified atom stereocenters.